The molecule has 1 rings (SSSR count). The van der Waals surface area contributed by atoms with Crippen LogP contribution in [0.5, 0.6) is 0 Å². The number of rotatable bonds is 3. The predicted molar refractivity (Wildman–Crippen MR) is 60.6 cm³/mol. The second-order valence-corrected chi connectivity index (χ2v) is 5.79. The summed E-state index contributed by atoms with van der Waals surface area (Å²) in [6.45, 7) is 12.1. The fraction of sp³-hybridized carbons (Fsp3) is 1.00. The number of hydrogen-bond acceptors (Lipinski definition) is 2. The van der Waals surface area contributed by atoms with Crippen LogP contribution in [0.4, 0.5) is 0 Å². The molecule has 1 N–H and O–H groups in total. The first-order valence-corrected chi connectivity index (χ1v) is 5.76. The molecule has 0 aliphatic carbocycles. The molecule has 0 amide bonds. The van der Waals surface area contributed by atoms with Crippen LogP contribution in [0.3, 0.4) is 0 Å². The maximum absolute atomic E-state index is 5.86. The van der Waals surface area contributed by atoms with Gasteiger partial charge in [-0.05, 0) is 47.0 Å². The molecule has 0 aromatic rings. The zero-order valence-corrected chi connectivity index (χ0v) is 10.3. The predicted octanol–water partition coefficient (Wildman–Crippen LogP) is 2.72. The lowest BCUT2D eigenvalue weighted by Crippen LogP contribution is -2.59. The quantitative estimate of drug-likeness (QED) is 0.754. The molecular formula is C12H25NO. The van der Waals surface area contributed by atoms with Crippen LogP contribution in [0.2, 0.25) is 0 Å². The van der Waals surface area contributed by atoms with Gasteiger partial charge in [0.15, 0.2) is 0 Å². The zero-order valence-electron chi connectivity index (χ0n) is 10.3. The van der Waals surface area contributed by atoms with Crippen molar-refractivity contribution in [2.24, 2.45) is 0 Å². The summed E-state index contributed by atoms with van der Waals surface area (Å²) in [6.07, 6.45) is 3.79. The van der Waals surface area contributed by atoms with Gasteiger partial charge < -0.3 is 10.1 Å². The van der Waals surface area contributed by atoms with Crippen molar-refractivity contribution in [2.45, 2.75) is 71.1 Å². The van der Waals surface area contributed by atoms with E-state index >= 15 is 0 Å². The molecule has 2 nitrogen and oxygen atoms in total. The molecule has 84 valence electrons. The Morgan fingerprint density at radius 3 is 2.07 bits per heavy atom. The molecular weight excluding hydrogens is 174 g/mol. The second-order valence-electron chi connectivity index (χ2n) is 5.79. The van der Waals surface area contributed by atoms with Crippen molar-refractivity contribution in [3.8, 4) is 0 Å². The van der Waals surface area contributed by atoms with Gasteiger partial charge in [0.25, 0.3) is 0 Å². The van der Waals surface area contributed by atoms with Gasteiger partial charge in [-0.3, -0.25) is 0 Å². The van der Waals surface area contributed by atoms with E-state index in [1.165, 1.54) is 0 Å². The molecule has 1 heterocycles. The summed E-state index contributed by atoms with van der Waals surface area (Å²) in [6, 6.07) is 0. The van der Waals surface area contributed by atoms with E-state index in [1.807, 2.05) is 0 Å². The summed E-state index contributed by atoms with van der Waals surface area (Å²) in [4.78, 5) is 0. The first kappa shape index (κ1) is 12.0. The van der Waals surface area contributed by atoms with Gasteiger partial charge in [-0.2, -0.15) is 0 Å². The summed E-state index contributed by atoms with van der Waals surface area (Å²) in [7, 11) is 0. The van der Waals surface area contributed by atoms with Crippen LogP contribution < -0.4 is 5.32 Å². The van der Waals surface area contributed by atoms with Crippen molar-refractivity contribution in [1.29, 1.82) is 0 Å². The van der Waals surface area contributed by atoms with E-state index in [9.17, 15) is 0 Å². The largest absolute Gasteiger partial charge is 0.378 e. The molecule has 0 atom stereocenters. The maximum Gasteiger partial charge on any atom is 0.0609 e. The Morgan fingerprint density at radius 2 is 1.64 bits per heavy atom. The van der Waals surface area contributed by atoms with E-state index in [-0.39, 0.29) is 11.1 Å². The normalized spacial score (nSPS) is 26.4. The van der Waals surface area contributed by atoms with E-state index in [0.29, 0.717) is 6.10 Å². The van der Waals surface area contributed by atoms with Crippen LogP contribution >= 0.6 is 0 Å². The third-order valence-corrected chi connectivity index (χ3v) is 2.71. The Morgan fingerprint density at radius 1 is 1.14 bits per heavy atom. The standard InChI is InChI=1S/C12H25NO/c1-6-7-14-10-8-11(2,3)13-12(4,5)9-10/h10,13H,6-9H2,1-5H3. The lowest BCUT2D eigenvalue weighted by molar-refractivity contribution is -0.0213. The summed E-state index contributed by atoms with van der Waals surface area (Å²) in [5.41, 5.74) is 0.417. The minimum absolute atomic E-state index is 0.208. The molecule has 14 heavy (non-hydrogen) atoms. The van der Waals surface area contributed by atoms with Crippen LogP contribution in [0, 0.1) is 0 Å². The molecule has 0 bridgehead atoms. The highest BCUT2D eigenvalue weighted by Gasteiger charge is 2.37. The van der Waals surface area contributed by atoms with Gasteiger partial charge in [0.05, 0.1) is 6.10 Å². The average Bonchev–Trinajstić information content (AvgIpc) is 1.94. The molecule has 0 aromatic carbocycles. The lowest BCUT2D eigenvalue weighted by atomic mass is 9.81. The highest BCUT2D eigenvalue weighted by molar-refractivity contribution is 4.97. The van der Waals surface area contributed by atoms with Crippen molar-refractivity contribution >= 4 is 0 Å². The monoisotopic (exact) mass is 199 g/mol. The molecule has 0 unspecified atom stereocenters. The average molecular weight is 199 g/mol. The van der Waals surface area contributed by atoms with Crippen LogP contribution in [0.25, 0.3) is 0 Å². The Bertz CT molecular complexity index is 171. The van der Waals surface area contributed by atoms with Gasteiger partial charge in [-0.1, -0.05) is 6.92 Å². The Kier molecular flexibility index (Phi) is 3.59. The van der Waals surface area contributed by atoms with E-state index < -0.39 is 0 Å². The van der Waals surface area contributed by atoms with Crippen molar-refractivity contribution in [2.75, 3.05) is 6.61 Å². The highest BCUT2D eigenvalue weighted by atomic mass is 16.5. The van der Waals surface area contributed by atoms with Crippen molar-refractivity contribution in [3.63, 3.8) is 0 Å². The molecule has 2 heteroatoms. The number of piperidine rings is 1. The van der Waals surface area contributed by atoms with Crippen molar-refractivity contribution < 1.29 is 4.74 Å². The molecule has 1 fully saturated rings. The topological polar surface area (TPSA) is 21.3 Å². The molecule has 0 spiro atoms. The van der Waals surface area contributed by atoms with Gasteiger partial charge in [0.1, 0.15) is 0 Å². The smallest absolute Gasteiger partial charge is 0.0609 e. The zero-order chi connectivity index (χ0) is 10.8. The maximum atomic E-state index is 5.86. The Labute approximate surface area is 88.4 Å². The molecule has 1 saturated heterocycles. The minimum Gasteiger partial charge on any atom is -0.378 e. The Hall–Kier alpha value is -0.0800. The molecule has 0 aromatic heterocycles. The van der Waals surface area contributed by atoms with Crippen molar-refractivity contribution in [3.05, 3.63) is 0 Å². The molecule has 0 radical (unpaired) electrons. The van der Waals surface area contributed by atoms with Gasteiger partial charge in [0.2, 0.25) is 0 Å². The highest BCUT2D eigenvalue weighted by Crippen LogP contribution is 2.30. The summed E-state index contributed by atoms with van der Waals surface area (Å²) in [5.74, 6) is 0. The minimum atomic E-state index is 0.208. The number of nitrogens with one attached hydrogen (secondary N) is 1. The van der Waals surface area contributed by atoms with Gasteiger partial charge in [-0.25, -0.2) is 0 Å². The SMILES string of the molecule is CCCOC1CC(C)(C)NC(C)(C)C1. The van der Waals surface area contributed by atoms with Crippen LogP contribution in [0.15, 0.2) is 0 Å². The van der Waals surface area contributed by atoms with Gasteiger partial charge in [-0.15, -0.1) is 0 Å². The first-order valence-electron chi connectivity index (χ1n) is 5.76. The van der Waals surface area contributed by atoms with Crippen LogP contribution in [-0.2, 0) is 4.74 Å². The number of hydrogen-bond donors (Lipinski definition) is 1. The van der Waals surface area contributed by atoms with E-state index in [2.05, 4.69) is 39.9 Å². The van der Waals surface area contributed by atoms with E-state index in [4.69, 9.17) is 4.74 Å². The van der Waals surface area contributed by atoms with Gasteiger partial charge in [0, 0.05) is 17.7 Å². The van der Waals surface area contributed by atoms with E-state index in [0.717, 1.165) is 25.9 Å². The third-order valence-electron chi connectivity index (χ3n) is 2.71. The fourth-order valence-electron chi connectivity index (χ4n) is 2.63. The first-order chi connectivity index (χ1) is 6.35. The van der Waals surface area contributed by atoms with Crippen LogP contribution in [0.1, 0.15) is 53.9 Å². The van der Waals surface area contributed by atoms with Crippen molar-refractivity contribution in [1.82, 2.24) is 5.32 Å². The van der Waals surface area contributed by atoms with Gasteiger partial charge >= 0.3 is 0 Å². The number of ether oxygens (including phenoxy) is 1. The third kappa shape index (κ3) is 3.58. The lowest BCUT2D eigenvalue weighted by Gasteiger charge is -2.46. The summed E-state index contributed by atoms with van der Waals surface area (Å²) < 4.78 is 5.86. The van der Waals surface area contributed by atoms with Crippen LogP contribution in [-0.4, -0.2) is 23.8 Å². The molecule has 1 aliphatic rings. The van der Waals surface area contributed by atoms with E-state index in [1.54, 1.807) is 0 Å². The Balaban J connectivity index is 2.53. The molecule has 0 saturated carbocycles. The molecule has 1 aliphatic heterocycles. The second kappa shape index (κ2) is 4.19. The summed E-state index contributed by atoms with van der Waals surface area (Å²) >= 11 is 0. The summed E-state index contributed by atoms with van der Waals surface area (Å²) in [5, 5.41) is 3.66. The fourth-order valence-corrected chi connectivity index (χ4v) is 2.63.